The van der Waals surface area contributed by atoms with E-state index < -0.39 is 11.7 Å². The van der Waals surface area contributed by atoms with Crippen LogP contribution in [0, 0.1) is 5.92 Å². The highest BCUT2D eigenvalue weighted by Crippen LogP contribution is 2.48. The van der Waals surface area contributed by atoms with E-state index in [1.807, 2.05) is 24.3 Å². The van der Waals surface area contributed by atoms with E-state index in [0.717, 1.165) is 30.8 Å². The molecule has 3 unspecified atom stereocenters. The molecule has 3 rings (SSSR count). The highest BCUT2D eigenvalue weighted by Gasteiger charge is 2.50. The zero-order valence-corrected chi connectivity index (χ0v) is 13.2. The smallest absolute Gasteiger partial charge is 0.303 e. The lowest BCUT2D eigenvalue weighted by Crippen LogP contribution is -2.64. The minimum atomic E-state index is -0.786. The van der Waals surface area contributed by atoms with Gasteiger partial charge < -0.3 is 14.7 Å². The van der Waals surface area contributed by atoms with Crippen molar-refractivity contribution in [2.24, 2.45) is 11.7 Å². The minimum absolute atomic E-state index is 0.00495. The molecule has 0 radical (unpaired) electrons. The first kappa shape index (κ1) is 15.3. The molecule has 2 aliphatic rings. The van der Waals surface area contributed by atoms with Crippen molar-refractivity contribution in [3.8, 4) is 5.75 Å². The Morgan fingerprint density at radius 3 is 2.91 bits per heavy atom. The maximum Gasteiger partial charge on any atom is 0.303 e. The predicted molar refractivity (Wildman–Crippen MR) is 83.8 cm³/mol. The van der Waals surface area contributed by atoms with Gasteiger partial charge in [0.05, 0.1) is 6.42 Å². The number of likely N-dealkylation sites (tertiary alicyclic amines) is 1. The second kappa shape index (κ2) is 5.56. The maximum atomic E-state index is 11.4. The molecule has 5 heteroatoms. The van der Waals surface area contributed by atoms with E-state index >= 15 is 0 Å². The summed E-state index contributed by atoms with van der Waals surface area (Å²) >= 11 is 0. The minimum Gasteiger partial charge on any atom is -0.481 e. The molecule has 2 aliphatic heterocycles. The van der Waals surface area contributed by atoms with E-state index in [1.54, 1.807) is 0 Å². The summed E-state index contributed by atoms with van der Waals surface area (Å²) in [6.07, 6.45) is 0.816. The molecule has 0 amide bonds. The summed E-state index contributed by atoms with van der Waals surface area (Å²) in [5.74, 6) is -0.153. The van der Waals surface area contributed by atoms with Crippen molar-refractivity contribution < 1.29 is 14.6 Å². The summed E-state index contributed by atoms with van der Waals surface area (Å²) < 4.78 is 6.12. The average Bonchev–Trinajstić information content (AvgIpc) is 2.45. The van der Waals surface area contributed by atoms with Gasteiger partial charge in [0.2, 0.25) is 0 Å². The number of hydrogen-bond donors (Lipinski definition) is 2. The monoisotopic (exact) mass is 304 g/mol. The van der Waals surface area contributed by atoms with E-state index in [2.05, 4.69) is 18.7 Å². The number of aliphatic carboxylic acids is 1. The summed E-state index contributed by atoms with van der Waals surface area (Å²) in [5, 5.41) is 9.35. The standard InChI is InChI=1S/C17H24N2O3/c1-11(2)19-8-7-17(18)14(10-19)13(9-16(20)21)12-5-3-4-6-15(12)22-17/h3-6,11,13-14H,7-10,18H2,1-2H3,(H,20,21). The molecule has 1 fully saturated rings. The maximum absolute atomic E-state index is 11.4. The Labute approximate surface area is 131 Å². The fourth-order valence-corrected chi connectivity index (χ4v) is 3.81. The molecule has 1 aromatic carbocycles. The number of para-hydroxylation sites is 1. The number of benzene rings is 1. The Bertz CT molecular complexity index is 575. The van der Waals surface area contributed by atoms with Gasteiger partial charge in [-0.1, -0.05) is 18.2 Å². The lowest BCUT2D eigenvalue weighted by molar-refractivity contribution is -0.139. The van der Waals surface area contributed by atoms with Crippen molar-refractivity contribution in [3.63, 3.8) is 0 Å². The third kappa shape index (κ3) is 2.59. The molecule has 0 saturated carbocycles. The van der Waals surface area contributed by atoms with Gasteiger partial charge in [-0.25, -0.2) is 0 Å². The first-order chi connectivity index (χ1) is 10.4. The van der Waals surface area contributed by atoms with Crippen LogP contribution in [0.5, 0.6) is 5.75 Å². The van der Waals surface area contributed by atoms with Crippen LogP contribution < -0.4 is 10.5 Å². The number of ether oxygens (including phenoxy) is 1. The number of carboxylic acid groups (broad SMARTS) is 1. The van der Waals surface area contributed by atoms with Gasteiger partial charge in [-0.3, -0.25) is 10.5 Å². The van der Waals surface area contributed by atoms with Gasteiger partial charge in [0.15, 0.2) is 5.72 Å². The second-order valence-corrected chi connectivity index (χ2v) is 6.74. The Morgan fingerprint density at radius 2 is 2.23 bits per heavy atom. The quantitative estimate of drug-likeness (QED) is 0.893. The Hall–Kier alpha value is -1.59. The van der Waals surface area contributed by atoms with Crippen LogP contribution in [0.2, 0.25) is 0 Å². The topological polar surface area (TPSA) is 75.8 Å². The molecule has 1 saturated heterocycles. The first-order valence-corrected chi connectivity index (χ1v) is 7.93. The zero-order valence-electron chi connectivity index (χ0n) is 13.2. The van der Waals surface area contributed by atoms with Crippen molar-refractivity contribution >= 4 is 5.97 Å². The van der Waals surface area contributed by atoms with Crippen molar-refractivity contribution in [2.45, 2.75) is 44.4 Å². The lowest BCUT2D eigenvalue weighted by Gasteiger charge is -2.52. The number of nitrogens with zero attached hydrogens (tertiary/aromatic N) is 1. The van der Waals surface area contributed by atoms with Crippen LogP contribution in [0.4, 0.5) is 0 Å². The van der Waals surface area contributed by atoms with Gasteiger partial charge in [0.1, 0.15) is 5.75 Å². The van der Waals surface area contributed by atoms with Crippen LogP contribution in [0.3, 0.4) is 0 Å². The van der Waals surface area contributed by atoms with E-state index in [-0.39, 0.29) is 18.3 Å². The molecule has 0 bridgehead atoms. The fraction of sp³-hybridized carbons (Fsp3) is 0.588. The fourth-order valence-electron chi connectivity index (χ4n) is 3.81. The third-order valence-corrected chi connectivity index (χ3v) is 5.08. The average molecular weight is 304 g/mol. The van der Waals surface area contributed by atoms with E-state index in [9.17, 15) is 9.90 Å². The molecule has 5 nitrogen and oxygen atoms in total. The summed E-state index contributed by atoms with van der Waals surface area (Å²) in [6, 6.07) is 8.13. The van der Waals surface area contributed by atoms with E-state index in [4.69, 9.17) is 10.5 Å². The van der Waals surface area contributed by atoms with Crippen molar-refractivity contribution in [1.29, 1.82) is 0 Å². The van der Waals surface area contributed by atoms with E-state index in [0.29, 0.717) is 6.04 Å². The normalized spacial score (nSPS) is 31.3. The van der Waals surface area contributed by atoms with Crippen LogP contribution in [0.1, 0.15) is 38.2 Å². The molecular weight excluding hydrogens is 280 g/mol. The van der Waals surface area contributed by atoms with Crippen LogP contribution in [-0.2, 0) is 4.79 Å². The Kier molecular flexibility index (Phi) is 3.87. The summed E-state index contributed by atoms with van der Waals surface area (Å²) in [6.45, 7) is 5.98. The summed E-state index contributed by atoms with van der Waals surface area (Å²) in [5.41, 5.74) is 6.78. The SMILES string of the molecule is CC(C)N1CCC2(N)Oc3ccccc3C(CC(=O)O)C2C1. The molecule has 0 aromatic heterocycles. The second-order valence-electron chi connectivity index (χ2n) is 6.74. The van der Waals surface area contributed by atoms with Crippen molar-refractivity contribution in [1.82, 2.24) is 4.90 Å². The van der Waals surface area contributed by atoms with Gasteiger partial charge in [-0.05, 0) is 25.5 Å². The van der Waals surface area contributed by atoms with Crippen LogP contribution in [0.25, 0.3) is 0 Å². The van der Waals surface area contributed by atoms with Gasteiger partial charge in [0.25, 0.3) is 0 Å². The molecule has 1 aromatic rings. The number of fused-ring (bicyclic) bond motifs is 2. The number of nitrogens with two attached hydrogens (primary N) is 1. The van der Waals surface area contributed by atoms with Gasteiger partial charge in [0, 0.05) is 37.4 Å². The highest BCUT2D eigenvalue weighted by atomic mass is 16.5. The van der Waals surface area contributed by atoms with Gasteiger partial charge in [-0.2, -0.15) is 0 Å². The largest absolute Gasteiger partial charge is 0.481 e. The Balaban J connectivity index is 2.00. The molecule has 0 spiro atoms. The number of piperidine rings is 1. The number of rotatable bonds is 3. The predicted octanol–water partition coefficient (Wildman–Crippen LogP) is 2.02. The van der Waals surface area contributed by atoms with Crippen molar-refractivity contribution in [3.05, 3.63) is 29.8 Å². The van der Waals surface area contributed by atoms with Crippen LogP contribution >= 0.6 is 0 Å². The third-order valence-electron chi connectivity index (χ3n) is 5.08. The van der Waals surface area contributed by atoms with Crippen LogP contribution in [0.15, 0.2) is 24.3 Å². The van der Waals surface area contributed by atoms with Gasteiger partial charge >= 0.3 is 5.97 Å². The number of carboxylic acids is 1. The molecule has 120 valence electrons. The molecule has 3 N–H and O–H groups in total. The first-order valence-electron chi connectivity index (χ1n) is 7.93. The molecule has 2 heterocycles. The summed E-state index contributed by atoms with van der Waals surface area (Å²) in [4.78, 5) is 13.7. The number of hydrogen-bond acceptors (Lipinski definition) is 4. The molecular formula is C17H24N2O3. The highest BCUT2D eigenvalue weighted by molar-refractivity contribution is 5.68. The molecule has 0 aliphatic carbocycles. The van der Waals surface area contributed by atoms with E-state index in [1.165, 1.54) is 0 Å². The molecule has 3 atom stereocenters. The van der Waals surface area contributed by atoms with Crippen LogP contribution in [-0.4, -0.2) is 40.8 Å². The zero-order chi connectivity index (χ0) is 15.9. The summed E-state index contributed by atoms with van der Waals surface area (Å²) in [7, 11) is 0. The molecule has 22 heavy (non-hydrogen) atoms. The van der Waals surface area contributed by atoms with Gasteiger partial charge in [-0.15, -0.1) is 0 Å². The lowest BCUT2D eigenvalue weighted by atomic mass is 9.72. The number of carbonyl (C=O) groups is 1. The Morgan fingerprint density at radius 1 is 1.50 bits per heavy atom. The van der Waals surface area contributed by atoms with Crippen molar-refractivity contribution in [2.75, 3.05) is 13.1 Å².